The number of hydrogen-bond acceptors (Lipinski definition) is 14. The molecule has 3 unspecified atom stereocenters. The molecule has 1 aliphatic rings. The Morgan fingerprint density at radius 3 is 0.841 bits per heavy atom. The molecule has 0 spiro atoms. The van der Waals surface area contributed by atoms with Gasteiger partial charge in [0.05, 0.1) is 39.1 Å². The summed E-state index contributed by atoms with van der Waals surface area (Å²) in [5.41, 5.74) is 0. The van der Waals surface area contributed by atoms with E-state index in [0.29, 0.717) is 32.7 Å². The number of nitrogens with one attached hydrogen (secondary N) is 1. The lowest BCUT2D eigenvalue weighted by Gasteiger charge is -2.30. The first-order valence-electron chi connectivity index (χ1n) is 61.5. The first-order valence-corrected chi connectivity index (χ1v) is 61.5. The molecule has 0 aromatic rings. The molecule has 0 saturated carbocycles. The molecule has 15 nitrogen and oxygen atoms in total. The number of carbonyl (C=O) groups excluding carboxylic acids is 3. The molecule has 1 heterocycles. The van der Waals surface area contributed by atoms with Gasteiger partial charge in [0.25, 0.3) is 0 Å². The Bertz CT molecular complexity index is 2980. The second-order valence-electron chi connectivity index (χ2n) is 41.5. The number of unbranched alkanes of at least 4 members (excludes halogenated alkanes) is 55. The van der Waals surface area contributed by atoms with Crippen molar-refractivity contribution >= 4 is 18.0 Å². The molecule has 0 aliphatic carbocycles. The Morgan fingerprint density at radius 1 is 0.276 bits per heavy atom. The van der Waals surface area contributed by atoms with Gasteiger partial charge >= 0.3 is 18.0 Å². The molecule has 0 aromatic carbocycles. The van der Waals surface area contributed by atoms with Crippen LogP contribution in [0.25, 0.3) is 0 Å². The highest BCUT2D eigenvalue weighted by Gasteiger charge is 2.21. The lowest BCUT2D eigenvalue weighted by Crippen LogP contribution is -2.43. The highest BCUT2D eigenvalue weighted by Crippen LogP contribution is 2.19. The van der Waals surface area contributed by atoms with E-state index in [4.69, 9.17) is 37.9 Å². The van der Waals surface area contributed by atoms with E-state index in [-0.39, 0.29) is 43.9 Å². The monoisotopic (exact) mass is 2030 g/mol. The van der Waals surface area contributed by atoms with Gasteiger partial charge in [0.2, 0.25) is 0 Å². The van der Waals surface area contributed by atoms with Crippen LogP contribution in [-0.4, -0.2) is 185 Å². The molecule has 844 valence electrons. The quantitative estimate of drug-likeness (QED) is 0.0267. The SMILES string of the molecule is CCCCC/C=C\C/C=C\CCCCCCCCCC(=O)OC(COC(=O)NCCCCCCCC/C=C\C/C=C\CCCCC)CN(C)C.CCCCC/C=C\C/C=C\CCCCCCCCOCC(CN1CCOCC1)OCCCCCCCC/C=C\C/C=C\CCCCC.CCCCC/C=C\C/C=C\CCCCCCCCOCC(COC(=O)CN(C)C)OCCCCCCCC/C=C\C/C=C\CCCCC. The molecule has 3 atom stereocenters. The Morgan fingerprint density at radius 2 is 0.538 bits per heavy atom. The number of nitrogens with zero attached hydrogens (tertiary/aromatic N) is 3. The Balaban J connectivity index is 0. The summed E-state index contributed by atoms with van der Waals surface area (Å²) in [7, 11) is 7.60. The van der Waals surface area contributed by atoms with Crippen molar-refractivity contribution < 1.29 is 52.3 Å². The van der Waals surface area contributed by atoms with Crippen molar-refractivity contribution in [3.05, 3.63) is 146 Å². The van der Waals surface area contributed by atoms with Crippen molar-refractivity contribution in [2.75, 3.05) is 134 Å². The Labute approximate surface area is 899 Å². The molecule has 1 aliphatic heterocycles. The predicted octanol–water partition coefficient (Wildman–Crippen LogP) is 37.1. The van der Waals surface area contributed by atoms with E-state index in [0.717, 1.165) is 156 Å². The van der Waals surface area contributed by atoms with Gasteiger partial charge in [-0.1, -0.05) is 425 Å². The van der Waals surface area contributed by atoms with Crippen LogP contribution in [0.5, 0.6) is 0 Å². The summed E-state index contributed by atoms with van der Waals surface area (Å²) in [5, 5.41) is 2.85. The van der Waals surface area contributed by atoms with Crippen LogP contribution < -0.4 is 5.32 Å². The van der Waals surface area contributed by atoms with Crippen molar-refractivity contribution in [1.29, 1.82) is 0 Å². The predicted molar refractivity (Wildman–Crippen MR) is 631 cm³/mol. The van der Waals surface area contributed by atoms with Crippen LogP contribution in [0.1, 0.15) is 517 Å². The van der Waals surface area contributed by atoms with Gasteiger partial charge in [-0.25, -0.2) is 4.79 Å². The van der Waals surface area contributed by atoms with Crippen LogP contribution in [0.15, 0.2) is 146 Å². The molecule has 0 aromatic heterocycles. The van der Waals surface area contributed by atoms with Crippen molar-refractivity contribution in [2.24, 2.45) is 0 Å². The zero-order valence-corrected chi connectivity index (χ0v) is 97.1. The minimum absolute atomic E-state index is 0.0738. The fourth-order valence-corrected chi connectivity index (χ4v) is 17.1. The van der Waals surface area contributed by atoms with Crippen molar-refractivity contribution in [1.82, 2.24) is 20.0 Å². The second-order valence-corrected chi connectivity index (χ2v) is 41.5. The fraction of sp³-hybridized carbons (Fsp3) is 0.792. The van der Waals surface area contributed by atoms with Crippen molar-refractivity contribution in [3.63, 3.8) is 0 Å². The van der Waals surface area contributed by atoms with E-state index >= 15 is 0 Å². The maximum atomic E-state index is 12.5. The van der Waals surface area contributed by atoms with Gasteiger partial charge in [0.1, 0.15) is 25.4 Å². The highest BCUT2D eigenvalue weighted by atomic mass is 16.6. The summed E-state index contributed by atoms with van der Waals surface area (Å²) in [6.45, 7) is 24.3. The van der Waals surface area contributed by atoms with Crippen LogP contribution in [0, 0.1) is 0 Å². The summed E-state index contributed by atoms with van der Waals surface area (Å²) < 4.78 is 46.7. The molecule has 15 heteroatoms. The molecular weight excluding hydrogens is 1790 g/mol. The van der Waals surface area contributed by atoms with Crippen molar-refractivity contribution in [3.8, 4) is 0 Å². The number of likely N-dealkylation sites (N-methyl/N-ethyl adjacent to an activating group) is 2. The normalized spacial score (nSPS) is 13.6. The molecule has 0 radical (unpaired) electrons. The summed E-state index contributed by atoms with van der Waals surface area (Å²) >= 11 is 0. The van der Waals surface area contributed by atoms with E-state index < -0.39 is 12.2 Å². The van der Waals surface area contributed by atoms with Crippen LogP contribution in [0.3, 0.4) is 0 Å². The third-order valence-corrected chi connectivity index (χ3v) is 26.2. The number of amides is 1. The van der Waals surface area contributed by atoms with Crippen LogP contribution in [-0.2, 0) is 47.5 Å². The average Bonchev–Trinajstić information content (AvgIpc) is 0.929. The highest BCUT2D eigenvalue weighted by molar-refractivity contribution is 5.71. The Hall–Kier alpha value is -5.23. The summed E-state index contributed by atoms with van der Waals surface area (Å²) in [4.78, 5) is 43.0. The molecule has 1 rings (SSSR count). The lowest BCUT2D eigenvalue weighted by atomic mass is 10.1. The van der Waals surface area contributed by atoms with Crippen LogP contribution >= 0.6 is 0 Å². The number of allylic oxidation sites excluding steroid dienone is 24. The smallest absolute Gasteiger partial charge is 0.407 e. The van der Waals surface area contributed by atoms with Gasteiger partial charge < -0.3 is 48.1 Å². The fourth-order valence-electron chi connectivity index (χ4n) is 17.1. The Kier molecular flexibility index (Phi) is 123. The van der Waals surface area contributed by atoms with E-state index in [1.807, 2.05) is 38.0 Å². The van der Waals surface area contributed by atoms with Gasteiger partial charge in [-0.05, 0) is 259 Å². The molecule has 145 heavy (non-hydrogen) atoms. The van der Waals surface area contributed by atoms with Crippen LogP contribution in [0.4, 0.5) is 4.79 Å². The molecular formula is C130H238N4O11. The molecule has 1 fully saturated rings. The second kappa shape index (κ2) is 126. The van der Waals surface area contributed by atoms with Gasteiger partial charge in [-0.2, -0.15) is 0 Å². The topological polar surface area (TPSA) is 147 Å². The largest absolute Gasteiger partial charge is 0.462 e. The minimum atomic E-state index is -0.457. The first-order chi connectivity index (χ1) is 71.4. The minimum Gasteiger partial charge on any atom is -0.462 e. The molecule has 1 N–H and O–H groups in total. The van der Waals surface area contributed by atoms with Gasteiger partial charge in [0, 0.05) is 65.6 Å². The summed E-state index contributed by atoms with van der Waals surface area (Å²) in [6.07, 6.45) is 145. The van der Waals surface area contributed by atoms with E-state index in [1.54, 1.807) is 0 Å². The summed E-state index contributed by atoms with van der Waals surface area (Å²) in [6, 6.07) is 0. The van der Waals surface area contributed by atoms with Gasteiger partial charge in [0.15, 0.2) is 0 Å². The maximum Gasteiger partial charge on any atom is 0.407 e. The number of hydrogen-bond donors (Lipinski definition) is 1. The van der Waals surface area contributed by atoms with Gasteiger partial charge in [-0.15, -0.1) is 0 Å². The standard InChI is InChI=1S/C44H80N2O4.C43H79NO4.C43H79NO3/c1-5-7-9-11-13-15-17-19-21-23-24-26-28-30-32-34-36-38-43(47)50-42(40-46(3)4)41-49-44(48)45-39-37-35-33-31-29-27-25-22-20-18-16-14-12-10-8-6-2;1-5-7-9-11-13-15-17-19-21-23-25-27-29-31-33-35-37-46-40-42(41-48-43(45)39-44(3)4)47-38-36-34-32-30-28-26-24-22-20-18-16-14-12-10-8-6-2;1-3-5-7-9-11-13-15-17-19-21-23-25-27-29-31-33-37-46-42-43(41-44-35-39-45-40-36-44)47-38-34-32-30-28-26-24-22-20-18-16-14-12-10-8-6-4-2/h13-16,19-22,42H,5-12,17-18,23-41H2,1-4H3,(H,45,48);13-16,19-22,42H,5-12,17-18,23-41H2,1-4H3;11-14,17-20,43H,3-10,15-16,21-42H2,1-2H3/b2*15-13-,16-14-,21-19-,22-20-;13-11-,14-12-,19-17-,20-18-. The van der Waals surface area contributed by atoms with Crippen molar-refractivity contribution in [2.45, 2.75) is 535 Å². The number of alkyl carbamates (subject to hydrolysis) is 1. The van der Waals surface area contributed by atoms with Gasteiger partial charge in [-0.3, -0.25) is 19.4 Å². The molecule has 1 amide bonds. The number of rotatable bonds is 108. The number of morpholine rings is 1. The number of esters is 2. The van der Waals surface area contributed by atoms with E-state index in [9.17, 15) is 14.4 Å². The molecule has 0 bridgehead atoms. The third kappa shape index (κ3) is 124. The zero-order chi connectivity index (χ0) is 105. The molecule has 1 saturated heterocycles. The van der Waals surface area contributed by atoms with E-state index in [2.05, 4.69) is 198 Å². The first kappa shape index (κ1) is 142. The number of ether oxygens (including phenoxy) is 8. The van der Waals surface area contributed by atoms with Crippen LogP contribution in [0.2, 0.25) is 0 Å². The van der Waals surface area contributed by atoms with E-state index in [1.165, 1.54) is 372 Å². The average molecular weight is 2030 g/mol. The summed E-state index contributed by atoms with van der Waals surface area (Å²) in [5.74, 6) is -0.419. The lowest BCUT2D eigenvalue weighted by molar-refractivity contribution is -0.152. The number of carbonyl (C=O) groups is 3. The zero-order valence-electron chi connectivity index (χ0n) is 97.1. The maximum absolute atomic E-state index is 12.5. The third-order valence-electron chi connectivity index (χ3n) is 26.2.